The molecule has 2 fully saturated rings. The minimum atomic E-state index is 0.733. The zero-order valence-corrected chi connectivity index (χ0v) is 14.4. The van der Waals surface area contributed by atoms with Crippen LogP contribution >= 0.6 is 0 Å². The third-order valence-electron chi connectivity index (χ3n) is 5.87. The highest BCUT2D eigenvalue weighted by Gasteiger charge is 2.29. The molecule has 2 saturated heterocycles. The molecule has 20 heavy (non-hydrogen) atoms. The molecule has 0 amide bonds. The first-order valence-electron chi connectivity index (χ1n) is 8.95. The fourth-order valence-corrected chi connectivity index (χ4v) is 4.12. The quantitative estimate of drug-likeness (QED) is 0.771. The van der Waals surface area contributed by atoms with Crippen LogP contribution in [0.5, 0.6) is 0 Å². The van der Waals surface area contributed by atoms with Crippen molar-refractivity contribution in [2.24, 2.45) is 17.8 Å². The Labute approximate surface area is 126 Å². The van der Waals surface area contributed by atoms with Gasteiger partial charge in [-0.1, -0.05) is 13.8 Å². The molecule has 2 rings (SSSR count). The molecule has 2 aliphatic heterocycles. The molecule has 2 aliphatic rings. The van der Waals surface area contributed by atoms with Crippen molar-refractivity contribution in [2.45, 2.75) is 72.4 Å². The van der Waals surface area contributed by atoms with E-state index in [1.54, 1.807) is 0 Å². The molecule has 118 valence electrons. The molecular formula is C18H36N2. The van der Waals surface area contributed by atoms with E-state index in [1.807, 2.05) is 0 Å². The molecule has 2 heteroatoms. The highest BCUT2D eigenvalue weighted by molar-refractivity contribution is 4.83. The summed E-state index contributed by atoms with van der Waals surface area (Å²) in [5, 5.41) is 0. The van der Waals surface area contributed by atoms with Gasteiger partial charge < -0.3 is 9.80 Å². The van der Waals surface area contributed by atoms with Crippen molar-refractivity contribution in [2.75, 3.05) is 26.2 Å². The van der Waals surface area contributed by atoms with E-state index in [2.05, 4.69) is 44.4 Å². The largest absolute Gasteiger partial charge is 0.301 e. The van der Waals surface area contributed by atoms with E-state index in [4.69, 9.17) is 0 Å². The summed E-state index contributed by atoms with van der Waals surface area (Å²) in [6, 6.07) is 1.54. The smallest absolute Gasteiger partial charge is 0.00697 e. The molecule has 2 atom stereocenters. The lowest BCUT2D eigenvalue weighted by Crippen LogP contribution is -2.46. The SMILES string of the molecule is CC(C)C1CCN(CC2CCN(C(C)C)CC2)[C@@H](C)C1. The van der Waals surface area contributed by atoms with E-state index in [9.17, 15) is 0 Å². The van der Waals surface area contributed by atoms with Gasteiger partial charge in [-0.2, -0.15) is 0 Å². The molecule has 1 unspecified atom stereocenters. The fraction of sp³-hybridized carbons (Fsp3) is 1.00. The minimum Gasteiger partial charge on any atom is -0.301 e. The fourth-order valence-electron chi connectivity index (χ4n) is 4.12. The van der Waals surface area contributed by atoms with Crippen molar-refractivity contribution in [1.82, 2.24) is 9.80 Å². The summed E-state index contributed by atoms with van der Waals surface area (Å²) in [5.74, 6) is 2.78. The van der Waals surface area contributed by atoms with Crippen LogP contribution in [0.15, 0.2) is 0 Å². The zero-order chi connectivity index (χ0) is 14.7. The normalized spacial score (nSPS) is 31.4. The minimum absolute atomic E-state index is 0.733. The van der Waals surface area contributed by atoms with Crippen molar-refractivity contribution in [3.8, 4) is 0 Å². The monoisotopic (exact) mass is 280 g/mol. The maximum Gasteiger partial charge on any atom is 0.00697 e. The Bertz CT molecular complexity index is 279. The van der Waals surface area contributed by atoms with Gasteiger partial charge in [-0.15, -0.1) is 0 Å². The maximum atomic E-state index is 2.79. The molecule has 0 saturated carbocycles. The van der Waals surface area contributed by atoms with Gasteiger partial charge in [0.05, 0.1) is 0 Å². The second-order valence-corrected chi connectivity index (χ2v) is 7.95. The van der Waals surface area contributed by atoms with E-state index in [0.717, 1.165) is 29.8 Å². The standard InChI is InChI=1S/C18H36N2/c1-14(2)18-8-11-20(16(5)12-18)13-17-6-9-19(10-7-17)15(3)4/h14-18H,6-13H2,1-5H3/t16-,18?/m0/s1. The maximum absolute atomic E-state index is 2.79. The lowest BCUT2D eigenvalue weighted by atomic mass is 9.82. The molecule has 0 aliphatic carbocycles. The van der Waals surface area contributed by atoms with Crippen LogP contribution in [0.25, 0.3) is 0 Å². The Morgan fingerprint density at radius 1 is 0.950 bits per heavy atom. The van der Waals surface area contributed by atoms with Crippen LogP contribution in [0.2, 0.25) is 0 Å². The van der Waals surface area contributed by atoms with Crippen molar-refractivity contribution in [1.29, 1.82) is 0 Å². The topological polar surface area (TPSA) is 6.48 Å². The van der Waals surface area contributed by atoms with Crippen LogP contribution in [-0.2, 0) is 0 Å². The number of hydrogen-bond acceptors (Lipinski definition) is 2. The third-order valence-corrected chi connectivity index (χ3v) is 5.87. The van der Waals surface area contributed by atoms with E-state index in [0.29, 0.717) is 0 Å². The molecule has 0 aromatic heterocycles. The van der Waals surface area contributed by atoms with Crippen LogP contribution in [0.3, 0.4) is 0 Å². The highest BCUT2D eigenvalue weighted by Crippen LogP contribution is 2.30. The first kappa shape index (κ1) is 16.3. The van der Waals surface area contributed by atoms with Crippen LogP contribution in [0.4, 0.5) is 0 Å². The Kier molecular flexibility index (Phi) is 5.92. The van der Waals surface area contributed by atoms with Gasteiger partial charge in [-0.3, -0.25) is 0 Å². The summed E-state index contributed by atoms with van der Waals surface area (Å²) in [6.07, 6.45) is 5.67. The van der Waals surface area contributed by atoms with Gasteiger partial charge in [-0.05, 0) is 83.8 Å². The van der Waals surface area contributed by atoms with Gasteiger partial charge in [-0.25, -0.2) is 0 Å². The van der Waals surface area contributed by atoms with Crippen molar-refractivity contribution in [3.05, 3.63) is 0 Å². The number of likely N-dealkylation sites (tertiary alicyclic amines) is 2. The molecule has 0 radical (unpaired) electrons. The number of piperidine rings is 2. The molecule has 0 aromatic carbocycles. The molecule has 0 bridgehead atoms. The van der Waals surface area contributed by atoms with Crippen LogP contribution < -0.4 is 0 Å². The van der Waals surface area contributed by atoms with Gasteiger partial charge in [0.2, 0.25) is 0 Å². The van der Waals surface area contributed by atoms with Crippen LogP contribution in [0.1, 0.15) is 60.3 Å². The third kappa shape index (κ3) is 4.21. The average Bonchev–Trinajstić information content (AvgIpc) is 2.41. The summed E-state index contributed by atoms with van der Waals surface area (Å²) in [6.45, 7) is 17.3. The Morgan fingerprint density at radius 2 is 1.60 bits per heavy atom. The van der Waals surface area contributed by atoms with E-state index in [-0.39, 0.29) is 0 Å². The van der Waals surface area contributed by atoms with Crippen LogP contribution in [0, 0.1) is 17.8 Å². The number of rotatable bonds is 4. The Balaban J connectivity index is 1.75. The number of hydrogen-bond donors (Lipinski definition) is 0. The summed E-state index contributed by atoms with van der Waals surface area (Å²) >= 11 is 0. The van der Waals surface area contributed by atoms with Crippen molar-refractivity contribution >= 4 is 0 Å². The second kappa shape index (κ2) is 7.26. The molecular weight excluding hydrogens is 244 g/mol. The lowest BCUT2D eigenvalue weighted by molar-refractivity contribution is 0.0645. The second-order valence-electron chi connectivity index (χ2n) is 7.95. The van der Waals surface area contributed by atoms with Gasteiger partial charge >= 0.3 is 0 Å². The van der Waals surface area contributed by atoms with Crippen LogP contribution in [-0.4, -0.2) is 48.1 Å². The van der Waals surface area contributed by atoms with Gasteiger partial charge in [0.25, 0.3) is 0 Å². The highest BCUT2D eigenvalue weighted by atomic mass is 15.2. The Hall–Kier alpha value is -0.0800. The average molecular weight is 280 g/mol. The van der Waals surface area contributed by atoms with E-state index in [1.165, 1.54) is 51.9 Å². The first-order chi connectivity index (χ1) is 9.47. The summed E-state index contributed by atoms with van der Waals surface area (Å²) in [5.41, 5.74) is 0. The van der Waals surface area contributed by atoms with Gasteiger partial charge in [0, 0.05) is 18.6 Å². The molecule has 2 heterocycles. The summed E-state index contributed by atoms with van der Waals surface area (Å²) in [7, 11) is 0. The lowest BCUT2D eigenvalue weighted by Gasteiger charge is -2.42. The number of nitrogens with zero attached hydrogens (tertiary/aromatic N) is 2. The van der Waals surface area contributed by atoms with Crippen molar-refractivity contribution < 1.29 is 0 Å². The Morgan fingerprint density at radius 3 is 2.10 bits per heavy atom. The molecule has 2 nitrogen and oxygen atoms in total. The predicted molar refractivity (Wildman–Crippen MR) is 88.0 cm³/mol. The molecule has 0 spiro atoms. The predicted octanol–water partition coefficient (Wildman–Crippen LogP) is 3.86. The van der Waals surface area contributed by atoms with E-state index < -0.39 is 0 Å². The van der Waals surface area contributed by atoms with Gasteiger partial charge in [0.15, 0.2) is 0 Å². The van der Waals surface area contributed by atoms with Gasteiger partial charge in [0.1, 0.15) is 0 Å². The molecule has 0 N–H and O–H groups in total. The first-order valence-corrected chi connectivity index (χ1v) is 8.95. The summed E-state index contributed by atoms with van der Waals surface area (Å²) < 4.78 is 0. The molecule has 0 aromatic rings. The van der Waals surface area contributed by atoms with Crippen molar-refractivity contribution in [3.63, 3.8) is 0 Å². The summed E-state index contributed by atoms with van der Waals surface area (Å²) in [4.78, 5) is 5.43. The van der Waals surface area contributed by atoms with E-state index >= 15 is 0 Å². The zero-order valence-electron chi connectivity index (χ0n) is 14.4.